The Kier molecular flexibility index (Phi) is 5.46. The zero-order chi connectivity index (χ0) is 20.2. The van der Waals surface area contributed by atoms with Gasteiger partial charge in [0, 0.05) is 0 Å². The summed E-state index contributed by atoms with van der Waals surface area (Å²) in [5.41, 5.74) is 0. The molecule has 0 saturated heterocycles. The number of alkyl halides is 15. The smallest absolute Gasteiger partial charge is 0.334 e. The summed E-state index contributed by atoms with van der Waals surface area (Å²) in [6, 6.07) is 0. The van der Waals surface area contributed by atoms with Gasteiger partial charge in [0.25, 0.3) is 6.17 Å². The maximum absolute atomic E-state index is 12.8. The number of hydrogen-bond acceptors (Lipinski definition) is 1. The zero-order valence-corrected chi connectivity index (χ0v) is 10.3. The average molecular weight is 400 g/mol. The predicted molar refractivity (Wildman–Crippen MR) is 42.8 cm³/mol. The van der Waals surface area contributed by atoms with E-state index in [1.807, 2.05) is 0 Å². The Morgan fingerprint density at radius 3 is 1.04 bits per heavy atom. The highest BCUT2D eigenvalue weighted by molar-refractivity contribution is 5.11. The van der Waals surface area contributed by atoms with Gasteiger partial charge < -0.3 is 5.11 Å². The standard InChI is InChI=1S/C8H3F15O/c9-1(5(16,17)24)3(12,13)6(18,19)8(22,23)7(20,21)4(14,15)2(10)11/h1-2,24H. The molecule has 0 aliphatic carbocycles. The Morgan fingerprint density at radius 2 is 0.792 bits per heavy atom. The molecule has 1 N–H and O–H groups in total. The lowest BCUT2D eigenvalue weighted by Crippen LogP contribution is -2.71. The molecule has 0 spiro atoms. The first-order valence-electron chi connectivity index (χ1n) is 5.01. The van der Waals surface area contributed by atoms with Crippen LogP contribution in [0, 0.1) is 0 Å². The number of hydrogen-bond donors (Lipinski definition) is 1. The zero-order valence-electron chi connectivity index (χ0n) is 10.3. The number of halogens is 15. The largest absolute Gasteiger partial charge is 0.390 e. The number of rotatable bonds is 7. The quantitative estimate of drug-likeness (QED) is 0.631. The lowest BCUT2D eigenvalue weighted by atomic mass is 9.92. The summed E-state index contributed by atoms with van der Waals surface area (Å²) in [5, 5.41) is 7.48. The molecule has 0 bridgehead atoms. The van der Waals surface area contributed by atoms with Gasteiger partial charge in [0.1, 0.15) is 0 Å². The molecule has 0 rings (SSSR count). The fraction of sp³-hybridized carbons (Fsp3) is 1.00. The predicted octanol–water partition coefficient (Wildman–Crippen LogP) is 4.35. The van der Waals surface area contributed by atoms with Gasteiger partial charge in [-0.05, 0) is 0 Å². The highest BCUT2D eigenvalue weighted by atomic mass is 19.4. The van der Waals surface area contributed by atoms with Gasteiger partial charge in [-0.2, -0.15) is 52.7 Å². The molecule has 0 radical (unpaired) electrons. The Hall–Kier alpha value is -1.09. The average Bonchev–Trinajstić information content (AvgIpc) is 2.35. The molecule has 0 aromatic heterocycles. The molecule has 0 saturated carbocycles. The van der Waals surface area contributed by atoms with Crippen molar-refractivity contribution in [1.82, 2.24) is 0 Å². The van der Waals surface area contributed by atoms with Gasteiger partial charge in [-0.15, -0.1) is 0 Å². The van der Waals surface area contributed by atoms with Gasteiger partial charge in [0.05, 0.1) is 0 Å². The number of aliphatic hydroxyl groups is 1. The second-order valence-electron chi connectivity index (χ2n) is 4.22. The first kappa shape index (κ1) is 22.9. The summed E-state index contributed by atoms with van der Waals surface area (Å²) < 4.78 is 186. The minimum Gasteiger partial charge on any atom is -0.334 e. The fourth-order valence-electron chi connectivity index (χ4n) is 1.13. The molecule has 0 aliphatic rings. The van der Waals surface area contributed by atoms with Crippen LogP contribution in [0.1, 0.15) is 0 Å². The van der Waals surface area contributed by atoms with Crippen LogP contribution in [0.25, 0.3) is 0 Å². The molecule has 0 amide bonds. The maximum Gasteiger partial charge on any atom is 0.390 e. The van der Waals surface area contributed by atoms with E-state index >= 15 is 0 Å². The topological polar surface area (TPSA) is 20.2 Å². The van der Waals surface area contributed by atoms with Crippen LogP contribution in [0.2, 0.25) is 0 Å². The molecule has 24 heavy (non-hydrogen) atoms. The molecule has 0 heterocycles. The lowest BCUT2D eigenvalue weighted by molar-refractivity contribution is -0.429. The van der Waals surface area contributed by atoms with E-state index in [-0.39, 0.29) is 0 Å². The Balaban J connectivity index is 6.27. The van der Waals surface area contributed by atoms with Crippen molar-refractivity contribution in [3.05, 3.63) is 0 Å². The van der Waals surface area contributed by atoms with Gasteiger partial charge in [-0.25, -0.2) is 13.2 Å². The summed E-state index contributed by atoms with van der Waals surface area (Å²) in [6.45, 7) is 0. The van der Waals surface area contributed by atoms with E-state index in [1.54, 1.807) is 0 Å². The normalized spacial score (nSPS) is 17.4. The second kappa shape index (κ2) is 5.72. The van der Waals surface area contributed by atoms with Crippen LogP contribution < -0.4 is 0 Å². The summed E-state index contributed by atoms with van der Waals surface area (Å²) >= 11 is 0. The first-order chi connectivity index (χ1) is 10.1. The molecular weight excluding hydrogens is 397 g/mol. The third-order valence-corrected chi connectivity index (χ3v) is 2.52. The van der Waals surface area contributed by atoms with E-state index in [4.69, 9.17) is 5.11 Å². The third kappa shape index (κ3) is 2.96. The van der Waals surface area contributed by atoms with Crippen molar-refractivity contribution in [2.24, 2.45) is 0 Å². The molecule has 0 aliphatic heterocycles. The van der Waals surface area contributed by atoms with Crippen LogP contribution in [-0.4, -0.2) is 53.4 Å². The van der Waals surface area contributed by atoms with Crippen molar-refractivity contribution in [1.29, 1.82) is 0 Å². The van der Waals surface area contributed by atoms with Crippen molar-refractivity contribution in [3.8, 4) is 0 Å². The summed E-state index contributed by atoms with van der Waals surface area (Å²) in [7, 11) is 0. The van der Waals surface area contributed by atoms with E-state index in [0.29, 0.717) is 0 Å². The van der Waals surface area contributed by atoms with Crippen LogP contribution in [0.15, 0.2) is 0 Å². The van der Waals surface area contributed by atoms with E-state index < -0.39 is 48.3 Å². The minimum absolute atomic E-state index is 5.77. The second-order valence-corrected chi connectivity index (χ2v) is 4.22. The van der Waals surface area contributed by atoms with Gasteiger partial charge in [0.15, 0.2) is 0 Å². The van der Waals surface area contributed by atoms with Crippen LogP contribution in [0.5, 0.6) is 0 Å². The van der Waals surface area contributed by atoms with Crippen molar-refractivity contribution in [2.45, 2.75) is 48.3 Å². The van der Waals surface area contributed by atoms with Gasteiger partial charge in [-0.3, -0.25) is 0 Å². The minimum atomic E-state index is -8.14. The fourth-order valence-corrected chi connectivity index (χ4v) is 1.13. The van der Waals surface area contributed by atoms with Crippen molar-refractivity contribution < 1.29 is 71.0 Å². The van der Waals surface area contributed by atoms with Crippen LogP contribution in [0.3, 0.4) is 0 Å². The van der Waals surface area contributed by atoms with E-state index in [9.17, 15) is 65.9 Å². The van der Waals surface area contributed by atoms with Gasteiger partial charge >= 0.3 is 42.1 Å². The van der Waals surface area contributed by atoms with E-state index in [0.717, 1.165) is 0 Å². The third-order valence-electron chi connectivity index (χ3n) is 2.52. The molecule has 1 nitrogen and oxygen atoms in total. The molecule has 1 unspecified atom stereocenters. The lowest BCUT2D eigenvalue weighted by Gasteiger charge is -2.40. The molecule has 16 heteroatoms. The molecule has 0 aromatic carbocycles. The SMILES string of the molecule is OC(F)(F)C(F)C(F)(F)C(F)(F)C(F)(F)C(F)(F)C(F)(F)C(F)F. The Labute approximate surface area is 121 Å². The molecule has 1 atom stereocenters. The highest BCUT2D eigenvalue weighted by Crippen LogP contribution is 2.59. The van der Waals surface area contributed by atoms with Gasteiger partial charge in [0.2, 0.25) is 0 Å². The Morgan fingerprint density at radius 1 is 0.500 bits per heavy atom. The van der Waals surface area contributed by atoms with Crippen molar-refractivity contribution in [2.75, 3.05) is 0 Å². The molecular formula is C8H3F15O. The van der Waals surface area contributed by atoms with Crippen molar-refractivity contribution in [3.63, 3.8) is 0 Å². The molecule has 146 valence electrons. The monoisotopic (exact) mass is 400 g/mol. The van der Waals surface area contributed by atoms with E-state index in [1.165, 1.54) is 0 Å². The van der Waals surface area contributed by atoms with E-state index in [2.05, 4.69) is 0 Å². The summed E-state index contributed by atoms with van der Waals surface area (Å²) in [6.07, 6.45) is -18.2. The Bertz CT molecular complexity index is 449. The van der Waals surface area contributed by atoms with Gasteiger partial charge in [-0.1, -0.05) is 0 Å². The highest BCUT2D eigenvalue weighted by Gasteiger charge is 2.89. The van der Waals surface area contributed by atoms with Crippen LogP contribution >= 0.6 is 0 Å². The molecule has 0 fully saturated rings. The first-order valence-corrected chi connectivity index (χ1v) is 5.01. The summed E-state index contributed by atoms with van der Waals surface area (Å²) in [5.74, 6) is -39.0. The maximum atomic E-state index is 12.8. The van der Waals surface area contributed by atoms with Crippen LogP contribution in [-0.2, 0) is 0 Å². The van der Waals surface area contributed by atoms with Crippen molar-refractivity contribution >= 4 is 0 Å². The summed E-state index contributed by atoms with van der Waals surface area (Å²) in [4.78, 5) is 0. The molecule has 0 aromatic rings. The van der Waals surface area contributed by atoms with Crippen LogP contribution in [0.4, 0.5) is 65.9 Å².